The number of hydrogen-bond acceptors (Lipinski definition) is 2. The molecule has 3 nitrogen and oxygen atoms in total. The van der Waals surface area contributed by atoms with Gasteiger partial charge >= 0.3 is 0 Å². The summed E-state index contributed by atoms with van der Waals surface area (Å²) in [6.45, 7) is 0. The molecule has 0 spiro atoms. The van der Waals surface area contributed by atoms with Gasteiger partial charge in [0.05, 0.1) is 10.7 Å². The van der Waals surface area contributed by atoms with Crippen LogP contribution in [0.4, 0.5) is 20.2 Å². The van der Waals surface area contributed by atoms with Crippen LogP contribution in [0.3, 0.4) is 0 Å². The molecular weight excluding hydrogens is 366 g/mol. The van der Waals surface area contributed by atoms with Crippen molar-refractivity contribution in [2.75, 3.05) is 17.7 Å². The molecule has 2 N–H and O–H groups in total. The lowest BCUT2D eigenvalue weighted by atomic mass is 10.1. The molecule has 0 aromatic heterocycles. The van der Waals surface area contributed by atoms with E-state index in [1.165, 1.54) is 7.05 Å². The Kier molecular flexibility index (Phi) is 4.80. The third-order valence-electron chi connectivity index (χ3n) is 2.73. The molecule has 0 bridgehead atoms. The SMILES string of the molecule is CNc1c(F)cc(C(=O)Nc2ccc(Br)cc2Cl)cc1F. The Bertz CT molecular complexity index is 686. The molecule has 0 aliphatic heterocycles. The Morgan fingerprint density at radius 3 is 2.33 bits per heavy atom. The lowest BCUT2D eigenvalue weighted by molar-refractivity contribution is 0.102. The number of carbonyl (C=O) groups is 1. The van der Waals surface area contributed by atoms with E-state index < -0.39 is 17.5 Å². The minimum Gasteiger partial charge on any atom is -0.383 e. The monoisotopic (exact) mass is 374 g/mol. The molecule has 21 heavy (non-hydrogen) atoms. The Hall–Kier alpha value is -1.66. The Morgan fingerprint density at radius 2 is 1.81 bits per heavy atom. The van der Waals surface area contributed by atoms with Crippen LogP contribution in [0.2, 0.25) is 5.02 Å². The number of halogens is 4. The maximum atomic E-state index is 13.6. The van der Waals surface area contributed by atoms with Gasteiger partial charge in [-0.2, -0.15) is 0 Å². The number of nitrogens with one attached hydrogen (secondary N) is 2. The van der Waals surface area contributed by atoms with Gasteiger partial charge in [0.1, 0.15) is 17.3 Å². The number of amides is 1. The second-order valence-electron chi connectivity index (χ2n) is 4.14. The smallest absolute Gasteiger partial charge is 0.255 e. The highest BCUT2D eigenvalue weighted by Crippen LogP contribution is 2.27. The summed E-state index contributed by atoms with van der Waals surface area (Å²) in [7, 11) is 1.39. The van der Waals surface area contributed by atoms with E-state index in [9.17, 15) is 13.6 Å². The minimum atomic E-state index is -0.843. The number of benzene rings is 2. The average Bonchev–Trinajstić information content (AvgIpc) is 2.41. The van der Waals surface area contributed by atoms with Crippen LogP contribution in [-0.2, 0) is 0 Å². The van der Waals surface area contributed by atoms with E-state index in [0.29, 0.717) is 10.7 Å². The summed E-state index contributed by atoms with van der Waals surface area (Å²) >= 11 is 9.21. The Labute approximate surface area is 133 Å². The molecule has 2 rings (SSSR count). The van der Waals surface area contributed by atoms with E-state index in [1.807, 2.05) is 0 Å². The van der Waals surface area contributed by atoms with Gasteiger partial charge in [-0.3, -0.25) is 4.79 Å². The molecule has 0 aliphatic carbocycles. The maximum absolute atomic E-state index is 13.6. The molecule has 0 saturated carbocycles. The standard InChI is InChI=1S/C14H10BrClF2N2O/c1-19-13-10(17)4-7(5-11(13)18)14(21)20-12-3-2-8(15)6-9(12)16/h2-6,19H,1H3,(H,20,21). The van der Waals surface area contributed by atoms with Gasteiger partial charge in [-0.1, -0.05) is 27.5 Å². The van der Waals surface area contributed by atoms with Crippen molar-refractivity contribution in [1.29, 1.82) is 0 Å². The maximum Gasteiger partial charge on any atom is 0.255 e. The quantitative estimate of drug-likeness (QED) is 0.818. The molecule has 2 aromatic carbocycles. The van der Waals surface area contributed by atoms with Crippen LogP contribution in [0.5, 0.6) is 0 Å². The van der Waals surface area contributed by atoms with Gasteiger partial charge in [0.25, 0.3) is 5.91 Å². The topological polar surface area (TPSA) is 41.1 Å². The molecule has 0 heterocycles. The first kappa shape index (κ1) is 15.7. The zero-order chi connectivity index (χ0) is 15.6. The van der Waals surface area contributed by atoms with Crippen molar-refractivity contribution in [1.82, 2.24) is 0 Å². The van der Waals surface area contributed by atoms with Gasteiger partial charge in [0.2, 0.25) is 0 Å². The van der Waals surface area contributed by atoms with Crippen LogP contribution in [0, 0.1) is 11.6 Å². The van der Waals surface area contributed by atoms with Crippen molar-refractivity contribution in [3.8, 4) is 0 Å². The first-order chi connectivity index (χ1) is 9.92. The predicted octanol–water partition coefficient (Wildman–Crippen LogP) is 4.67. The molecule has 0 fully saturated rings. The summed E-state index contributed by atoms with van der Waals surface area (Å²) in [5, 5.41) is 5.20. The number of rotatable bonds is 3. The number of anilines is 2. The van der Waals surface area contributed by atoms with Gasteiger partial charge in [-0.25, -0.2) is 8.78 Å². The van der Waals surface area contributed by atoms with Gasteiger partial charge < -0.3 is 10.6 Å². The van der Waals surface area contributed by atoms with Crippen molar-refractivity contribution in [3.63, 3.8) is 0 Å². The van der Waals surface area contributed by atoms with Crippen molar-refractivity contribution >= 4 is 44.8 Å². The van der Waals surface area contributed by atoms with Gasteiger partial charge in [-0.15, -0.1) is 0 Å². The van der Waals surface area contributed by atoms with Gasteiger partial charge in [0.15, 0.2) is 0 Å². The predicted molar refractivity (Wildman–Crippen MR) is 83.0 cm³/mol. The zero-order valence-corrected chi connectivity index (χ0v) is 13.1. The fraction of sp³-hybridized carbons (Fsp3) is 0.0714. The summed E-state index contributed by atoms with van der Waals surface area (Å²) in [6, 6.07) is 6.78. The molecular formula is C14H10BrClF2N2O. The van der Waals surface area contributed by atoms with E-state index in [-0.39, 0.29) is 11.3 Å². The first-order valence-corrected chi connectivity index (χ1v) is 7.02. The van der Waals surface area contributed by atoms with Crippen LogP contribution >= 0.6 is 27.5 Å². The number of hydrogen-bond donors (Lipinski definition) is 2. The highest BCUT2D eigenvalue weighted by molar-refractivity contribution is 9.10. The van der Waals surface area contributed by atoms with Crippen LogP contribution in [0.25, 0.3) is 0 Å². The molecule has 0 unspecified atom stereocenters. The normalized spacial score (nSPS) is 10.3. The van der Waals surface area contributed by atoms with Gasteiger partial charge in [0, 0.05) is 17.1 Å². The summed E-state index contributed by atoms with van der Waals surface area (Å²) < 4.78 is 28.0. The summed E-state index contributed by atoms with van der Waals surface area (Å²) in [4.78, 5) is 12.0. The largest absolute Gasteiger partial charge is 0.383 e. The second-order valence-corrected chi connectivity index (χ2v) is 5.47. The highest BCUT2D eigenvalue weighted by Gasteiger charge is 2.15. The lowest BCUT2D eigenvalue weighted by Gasteiger charge is -2.10. The van der Waals surface area contributed by atoms with E-state index in [0.717, 1.165) is 16.6 Å². The summed E-state index contributed by atoms with van der Waals surface area (Å²) in [5.74, 6) is -2.34. The zero-order valence-electron chi connectivity index (χ0n) is 10.8. The lowest BCUT2D eigenvalue weighted by Crippen LogP contribution is -2.13. The molecule has 0 aliphatic rings. The van der Waals surface area contributed by atoms with E-state index in [1.54, 1.807) is 18.2 Å². The van der Waals surface area contributed by atoms with Crippen molar-refractivity contribution < 1.29 is 13.6 Å². The first-order valence-electron chi connectivity index (χ1n) is 5.85. The third kappa shape index (κ3) is 3.51. The van der Waals surface area contributed by atoms with Crippen LogP contribution in [0.1, 0.15) is 10.4 Å². The van der Waals surface area contributed by atoms with Crippen LogP contribution in [-0.4, -0.2) is 13.0 Å². The fourth-order valence-electron chi connectivity index (χ4n) is 1.73. The molecule has 2 aromatic rings. The Balaban J connectivity index is 2.28. The van der Waals surface area contributed by atoms with Crippen molar-refractivity contribution in [3.05, 3.63) is 57.0 Å². The van der Waals surface area contributed by atoms with Crippen LogP contribution in [0.15, 0.2) is 34.8 Å². The molecule has 1 amide bonds. The minimum absolute atomic E-state index is 0.136. The number of carbonyl (C=O) groups excluding carboxylic acids is 1. The van der Waals surface area contributed by atoms with E-state index in [4.69, 9.17) is 11.6 Å². The molecule has 110 valence electrons. The van der Waals surface area contributed by atoms with Gasteiger partial charge in [-0.05, 0) is 30.3 Å². The third-order valence-corrected chi connectivity index (χ3v) is 3.54. The van der Waals surface area contributed by atoms with E-state index >= 15 is 0 Å². The highest BCUT2D eigenvalue weighted by atomic mass is 79.9. The average molecular weight is 376 g/mol. The molecule has 0 atom stereocenters. The summed E-state index contributed by atoms with van der Waals surface area (Å²) in [6.07, 6.45) is 0. The Morgan fingerprint density at radius 1 is 1.19 bits per heavy atom. The summed E-state index contributed by atoms with van der Waals surface area (Å²) in [5.41, 5.74) is -0.0698. The fourth-order valence-corrected chi connectivity index (χ4v) is 2.45. The van der Waals surface area contributed by atoms with Crippen molar-refractivity contribution in [2.45, 2.75) is 0 Å². The molecule has 7 heteroatoms. The second kappa shape index (κ2) is 6.41. The molecule has 0 radical (unpaired) electrons. The van der Waals surface area contributed by atoms with Crippen LogP contribution < -0.4 is 10.6 Å². The van der Waals surface area contributed by atoms with E-state index in [2.05, 4.69) is 26.6 Å². The van der Waals surface area contributed by atoms with Crippen molar-refractivity contribution in [2.24, 2.45) is 0 Å². The molecule has 0 saturated heterocycles.